The molecule has 0 heterocycles. The highest BCUT2D eigenvalue weighted by molar-refractivity contribution is 5.49. The van der Waals surface area contributed by atoms with Gasteiger partial charge in [0, 0.05) is 11.1 Å². The zero-order valence-corrected chi connectivity index (χ0v) is 14.8. The summed E-state index contributed by atoms with van der Waals surface area (Å²) in [6, 6.07) is 4.00. The van der Waals surface area contributed by atoms with Gasteiger partial charge in [-0.05, 0) is 73.1 Å². The lowest BCUT2D eigenvalue weighted by molar-refractivity contribution is 0.0364. The third-order valence-electron chi connectivity index (χ3n) is 6.82. The summed E-state index contributed by atoms with van der Waals surface area (Å²) in [5.41, 5.74) is 7.31. The van der Waals surface area contributed by atoms with Crippen LogP contribution in [0, 0.1) is 17.3 Å². The molecule has 4 heteroatoms. The standard InChI is InChI=1S/C20H27NO3/c1-20-9-8-13-14(16(20)6-7-19(20)21-24-3)5-4-12-10-17(22)18(23-2)11-15(12)13/h7,10-11,13-14,16,21-22H,4-6,8-9H2,1-3H3/t13-,14+,16-,20-/m0/s1. The largest absolute Gasteiger partial charge is 0.504 e. The number of hydroxylamine groups is 1. The molecule has 0 aliphatic heterocycles. The molecular weight excluding hydrogens is 302 g/mol. The van der Waals surface area contributed by atoms with Crippen LogP contribution >= 0.6 is 0 Å². The number of fused-ring (bicyclic) bond motifs is 5. The Morgan fingerprint density at radius 3 is 2.83 bits per heavy atom. The van der Waals surface area contributed by atoms with Gasteiger partial charge in [0.1, 0.15) is 0 Å². The molecule has 24 heavy (non-hydrogen) atoms. The molecule has 3 aliphatic rings. The Labute approximate surface area is 143 Å². The van der Waals surface area contributed by atoms with Crippen LogP contribution in [0.4, 0.5) is 0 Å². The predicted molar refractivity (Wildman–Crippen MR) is 92.9 cm³/mol. The van der Waals surface area contributed by atoms with Crippen LogP contribution in [-0.4, -0.2) is 19.3 Å². The number of phenols is 1. The second-order valence-electron chi connectivity index (χ2n) is 7.75. The van der Waals surface area contributed by atoms with Crippen molar-refractivity contribution in [1.82, 2.24) is 5.48 Å². The van der Waals surface area contributed by atoms with E-state index in [1.165, 1.54) is 36.1 Å². The van der Waals surface area contributed by atoms with Crippen molar-refractivity contribution in [3.05, 3.63) is 35.0 Å². The van der Waals surface area contributed by atoms with Gasteiger partial charge in [0.2, 0.25) is 0 Å². The Hall–Kier alpha value is -1.68. The van der Waals surface area contributed by atoms with Crippen molar-refractivity contribution in [3.8, 4) is 11.5 Å². The first kappa shape index (κ1) is 15.8. The topological polar surface area (TPSA) is 50.7 Å². The van der Waals surface area contributed by atoms with E-state index in [2.05, 4.69) is 24.5 Å². The second kappa shape index (κ2) is 5.69. The molecule has 0 aromatic heterocycles. The molecule has 3 aliphatic carbocycles. The van der Waals surface area contributed by atoms with Crippen molar-refractivity contribution in [3.63, 3.8) is 0 Å². The normalized spacial score (nSPS) is 34.0. The van der Waals surface area contributed by atoms with Gasteiger partial charge in [-0.3, -0.25) is 10.3 Å². The van der Waals surface area contributed by atoms with Crippen LogP contribution < -0.4 is 10.2 Å². The van der Waals surface area contributed by atoms with E-state index in [4.69, 9.17) is 9.57 Å². The highest BCUT2D eigenvalue weighted by Gasteiger charge is 2.52. The zero-order chi connectivity index (χ0) is 16.9. The molecule has 0 saturated heterocycles. The Bertz CT molecular complexity index is 684. The Balaban J connectivity index is 1.67. The number of nitrogens with one attached hydrogen (secondary N) is 1. The van der Waals surface area contributed by atoms with Gasteiger partial charge in [-0.1, -0.05) is 13.0 Å². The fourth-order valence-corrected chi connectivity index (χ4v) is 5.59. The molecule has 2 N–H and O–H groups in total. The molecule has 0 bridgehead atoms. The maximum Gasteiger partial charge on any atom is 0.160 e. The first-order chi connectivity index (χ1) is 11.6. The number of rotatable bonds is 3. The monoisotopic (exact) mass is 329 g/mol. The smallest absolute Gasteiger partial charge is 0.160 e. The van der Waals surface area contributed by atoms with Gasteiger partial charge < -0.3 is 9.84 Å². The number of benzene rings is 1. The van der Waals surface area contributed by atoms with Crippen LogP contribution in [0.15, 0.2) is 23.9 Å². The van der Waals surface area contributed by atoms with Gasteiger partial charge in [-0.25, -0.2) is 0 Å². The number of phenolic OH excluding ortho intramolecular Hbond substituents is 1. The van der Waals surface area contributed by atoms with Crippen molar-refractivity contribution >= 4 is 0 Å². The lowest BCUT2D eigenvalue weighted by atomic mass is 9.55. The first-order valence-electron chi connectivity index (χ1n) is 8.98. The van der Waals surface area contributed by atoms with E-state index in [1.807, 2.05) is 6.07 Å². The highest BCUT2D eigenvalue weighted by atomic mass is 16.6. The number of allylic oxidation sites excluding steroid dienone is 2. The highest BCUT2D eigenvalue weighted by Crippen LogP contribution is 2.60. The van der Waals surface area contributed by atoms with Crippen molar-refractivity contribution in [1.29, 1.82) is 0 Å². The minimum absolute atomic E-state index is 0.204. The van der Waals surface area contributed by atoms with Gasteiger partial charge in [-0.2, -0.15) is 0 Å². The molecule has 1 saturated carbocycles. The van der Waals surface area contributed by atoms with Crippen LogP contribution in [0.25, 0.3) is 0 Å². The van der Waals surface area contributed by atoms with Gasteiger partial charge >= 0.3 is 0 Å². The quantitative estimate of drug-likeness (QED) is 0.826. The average molecular weight is 329 g/mol. The minimum Gasteiger partial charge on any atom is -0.504 e. The fraction of sp³-hybridized carbons (Fsp3) is 0.600. The molecule has 4 rings (SSSR count). The summed E-state index contributed by atoms with van der Waals surface area (Å²) in [5.74, 6) is 2.81. The predicted octanol–water partition coefficient (Wildman–Crippen LogP) is 3.90. The summed E-state index contributed by atoms with van der Waals surface area (Å²) < 4.78 is 5.36. The molecule has 4 nitrogen and oxygen atoms in total. The fourth-order valence-electron chi connectivity index (χ4n) is 5.59. The van der Waals surface area contributed by atoms with Gasteiger partial charge in [0.05, 0.1) is 14.2 Å². The molecule has 0 radical (unpaired) electrons. The molecule has 0 amide bonds. The summed E-state index contributed by atoms with van der Waals surface area (Å²) in [6.07, 6.45) is 8.08. The molecule has 1 fully saturated rings. The van der Waals surface area contributed by atoms with Crippen LogP contribution in [0.1, 0.15) is 49.7 Å². The Morgan fingerprint density at radius 1 is 1.25 bits per heavy atom. The van der Waals surface area contributed by atoms with E-state index >= 15 is 0 Å². The Morgan fingerprint density at radius 2 is 2.08 bits per heavy atom. The number of methoxy groups -OCH3 is 1. The number of hydrogen-bond acceptors (Lipinski definition) is 4. The van der Waals surface area contributed by atoms with Crippen molar-refractivity contribution in [2.24, 2.45) is 17.3 Å². The molecule has 130 valence electrons. The average Bonchev–Trinajstić information content (AvgIpc) is 2.91. The third kappa shape index (κ3) is 2.16. The first-order valence-corrected chi connectivity index (χ1v) is 8.98. The molecule has 4 atom stereocenters. The molecule has 1 aromatic rings. The van der Waals surface area contributed by atoms with E-state index in [0.29, 0.717) is 23.5 Å². The summed E-state index contributed by atoms with van der Waals surface area (Å²) in [5, 5.41) is 10.1. The number of aryl methyl sites for hydroxylation is 1. The van der Waals surface area contributed by atoms with Crippen molar-refractivity contribution in [2.45, 2.75) is 44.9 Å². The van der Waals surface area contributed by atoms with E-state index in [1.54, 1.807) is 14.2 Å². The van der Waals surface area contributed by atoms with Gasteiger partial charge in [-0.15, -0.1) is 0 Å². The molecule has 1 aromatic carbocycles. The van der Waals surface area contributed by atoms with Crippen molar-refractivity contribution in [2.75, 3.05) is 14.2 Å². The van der Waals surface area contributed by atoms with E-state index in [9.17, 15) is 5.11 Å². The summed E-state index contributed by atoms with van der Waals surface area (Å²) >= 11 is 0. The zero-order valence-electron chi connectivity index (χ0n) is 14.8. The van der Waals surface area contributed by atoms with Gasteiger partial charge in [0.25, 0.3) is 0 Å². The summed E-state index contributed by atoms with van der Waals surface area (Å²) in [6.45, 7) is 2.39. The number of aromatic hydroxyl groups is 1. The summed E-state index contributed by atoms with van der Waals surface area (Å²) in [7, 11) is 3.32. The number of ether oxygens (including phenoxy) is 1. The van der Waals surface area contributed by atoms with Crippen LogP contribution in [0.5, 0.6) is 11.5 Å². The molecular formula is C20H27NO3. The second-order valence-corrected chi connectivity index (χ2v) is 7.75. The molecule has 0 spiro atoms. The van der Waals surface area contributed by atoms with E-state index in [0.717, 1.165) is 12.8 Å². The van der Waals surface area contributed by atoms with Crippen LogP contribution in [0.3, 0.4) is 0 Å². The maximum absolute atomic E-state index is 10.1. The lowest BCUT2D eigenvalue weighted by Crippen LogP contribution is -2.43. The molecule has 0 unspecified atom stereocenters. The van der Waals surface area contributed by atoms with Crippen LogP contribution in [0.2, 0.25) is 0 Å². The maximum atomic E-state index is 10.1. The van der Waals surface area contributed by atoms with Crippen molar-refractivity contribution < 1.29 is 14.7 Å². The minimum atomic E-state index is 0.204. The van der Waals surface area contributed by atoms with Crippen LogP contribution in [-0.2, 0) is 11.3 Å². The van der Waals surface area contributed by atoms with E-state index in [-0.39, 0.29) is 11.2 Å². The van der Waals surface area contributed by atoms with E-state index < -0.39 is 0 Å². The summed E-state index contributed by atoms with van der Waals surface area (Å²) in [4.78, 5) is 5.21. The van der Waals surface area contributed by atoms with Gasteiger partial charge in [0.15, 0.2) is 11.5 Å². The lowest BCUT2D eigenvalue weighted by Gasteiger charge is -2.50. The third-order valence-corrected chi connectivity index (χ3v) is 6.82. The Kier molecular flexibility index (Phi) is 3.75. The number of hydrogen-bond donors (Lipinski definition) is 2. The SMILES string of the molecule is CONC1=CC[C@H]2[C@@H]3CCc4cc(O)c(OC)cc4[C@H]3CC[C@]12C.